The van der Waals surface area contributed by atoms with Gasteiger partial charge in [0.05, 0.1) is 0 Å². The van der Waals surface area contributed by atoms with Crippen molar-refractivity contribution in [3.05, 3.63) is 35.4 Å². The molecule has 0 aliphatic heterocycles. The van der Waals surface area contributed by atoms with Crippen LogP contribution in [0.3, 0.4) is 0 Å². The number of rotatable bonds is 4. The highest BCUT2D eigenvalue weighted by atomic mass is 16.1. The molecule has 3 nitrogen and oxygen atoms in total. The maximum absolute atomic E-state index is 11.6. The van der Waals surface area contributed by atoms with Crippen molar-refractivity contribution >= 4 is 5.91 Å². The van der Waals surface area contributed by atoms with E-state index in [0.29, 0.717) is 25.1 Å². The van der Waals surface area contributed by atoms with Gasteiger partial charge in [-0.3, -0.25) is 4.79 Å². The van der Waals surface area contributed by atoms with Crippen molar-refractivity contribution in [3.8, 4) is 11.8 Å². The Morgan fingerprint density at radius 3 is 2.62 bits per heavy atom. The van der Waals surface area contributed by atoms with Gasteiger partial charge in [0.1, 0.15) is 0 Å². The number of hydrogen-bond acceptors (Lipinski definition) is 2. The standard InChI is InChI=1S/C13H16N2O/c1-2-3-4-9-15-13(16)12-7-5-11(10-14)6-8-12/h5-8H,4,9-10,14H2,1H3,(H,15,16). The smallest absolute Gasteiger partial charge is 0.251 e. The molecule has 0 saturated heterocycles. The Morgan fingerprint density at radius 2 is 2.06 bits per heavy atom. The predicted molar refractivity (Wildman–Crippen MR) is 64.7 cm³/mol. The summed E-state index contributed by atoms with van der Waals surface area (Å²) in [5.41, 5.74) is 7.15. The number of carbonyl (C=O) groups is 1. The third-order valence-corrected chi connectivity index (χ3v) is 2.16. The van der Waals surface area contributed by atoms with Gasteiger partial charge in [0.25, 0.3) is 5.91 Å². The molecule has 1 aromatic rings. The third kappa shape index (κ3) is 3.76. The van der Waals surface area contributed by atoms with Crippen LogP contribution >= 0.6 is 0 Å². The minimum atomic E-state index is -0.0681. The van der Waals surface area contributed by atoms with E-state index >= 15 is 0 Å². The number of nitrogens with one attached hydrogen (secondary N) is 1. The number of benzene rings is 1. The molecule has 0 saturated carbocycles. The van der Waals surface area contributed by atoms with Crippen LogP contribution in [0.4, 0.5) is 0 Å². The Balaban J connectivity index is 2.48. The molecule has 0 aromatic heterocycles. The van der Waals surface area contributed by atoms with Crippen molar-refractivity contribution in [2.45, 2.75) is 19.9 Å². The molecule has 16 heavy (non-hydrogen) atoms. The van der Waals surface area contributed by atoms with Gasteiger partial charge in [-0.25, -0.2) is 0 Å². The molecule has 0 aliphatic rings. The normalized spacial score (nSPS) is 9.12. The first-order chi connectivity index (χ1) is 7.77. The Kier molecular flexibility index (Phi) is 5.10. The van der Waals surface area contributed by atoms with Crippen LogP contribution in [0.5, 0.6) is 0 Å². The summed E-state index contributed by atoms with van der Waals surface area (Å²) in [6.45, 7) is 2.86. The average molecular weight is 216 g/mol. The van der Waals surface area contributed by atoms with Crippen molar-refractivity contribution in [1.29, 1.82) is 0 Å². The third-order valence-electron chi connectivity index (χ3n) is 2.16. The van der Waals surface area contributed by atoms with Gasteiger partial charge in [-0.2, -0.15) is 0 Å². The molecule has 0 unspecified atom stereocenters. The first kappa shape index (κ1) is 12.3. The van der Waals surface area contributed by atoms with Crippen LogP contribution < -0.4 is 11.1 Å². The van der Waals surface area contributed by atoms with E-state index < -0.39 is 0 Å². The summed E-state index contributed by atoms with van der Waals surface area (Å²) in [6, 6.07) is 7.29. The van der Waals surface area contributed by atoms with Crippen molar-refractivity contribution in [1.82, 2.24) is 5.32 Å². The predicted octanol–water partition coefficient (Wildman–Crippen LogP) is 1.29. The van der Waals surface area contributed by atoms with Crippen LogP contribution in [0, 0.1) is 11.8 Å². The second-order valence-corrected chi connectivity index (χ2v) is 3.33. The zero-order chi connectivity index (χ0) is 11.8. The molecule has 0 radical (unpaired) electrons. The van der Waals surface area contributed by atoms with Crippen molar-refractivity contribution in [3.63, 3.8) is 0 Å². The van der Waals surface area contributed by atoms with E-state index in [9.17, 15) is 4.79 Å². The van der Waals surface area contributed by atoms with Crippen LogP contribution in [-0.4, -0.2) is 12.5 Å². The van der Waals surface area contributed by atoms with Crippen LogP contribution in [0.2, 0.25) is 0 Å². The molecule has 3 heteroatoms. The Bertz CT molecular complexity index is 398. The van der Waals surface area contributed by atoms with Gasteiger partial charge in [0.2, 0.25) is 0 Å². The van der Waals surface area contributed by atoms with Gasteiger partial charge < -0.3 is 11.1 Å². The van der Waals surface area contributed by atoms with E-state index in [1.807, 2.05) is 12.1 Å². The number of hydrogen-bond donors (Lipinski definition) is 2. The topological polar surface area (TPSA) is 55.1 Å². The molecule has 1 amide bonds. The van der Waals surface area contributed by atoms with Crippen molar-refractivity contribution in [2.24, 2.45) is 5.73 Å². The summed E-state index contributed by atoms with van der Waals surface area (Å²) in [5.74, 6) is 5.61. The zero-order valence-corrected chi connectivity index (χ0v) is 9.42. The highest BCUT2D eigenvalue weighted by Crippen LogP contribution is 2.03. The van der Waals surface area contributed by atoms with Crippen LogP contribution in [-0.2, 0) is 6.54 Å². The lowest BCUT2D eigenvalue weighted by atomic mass is 10.1. The van der Waals surface area contributed by atoms with Crippen molar-refractivity contribution < 1.29 is 4.79 Å². The minimum Gasteiger partial charge on any atom is -0.351 e. The number of amides is 1. The largest absolute Gasteiger partial charge is 0.351 e. The summed E-state index contributed by atoms with van der Waals surface area (Å²) >= 11 is 0. The zero-order valence-electron chi connectivity index (χ0n) is 9.42. The average Bonchev–Trinajstić information content (AvgIpc) is 2.34. The fraction of sp³-hybridized carbons (Fsp3) is 0.308. The lowest BCUT2D eigenvalue weighted by Gasteiger charge is -2.03. The summed E-state index contributed by atoms with van der Waals surface area (Å²) < 4.78 is 0. The maximum atomic E-state index is 11.6. The molecule has 0 aliphatic carbocycles. The van der Waals surface area contributed by atoms with E-state index in [1.54, 1.807) is 19.1 Å². The molecule has 0 atom stereocenters. The molecule has 1 aromatic carbocycles. The van der Waals surface area contributed by atoms with Crippen LogP contribution in [0.15, 0.2) is 24.3 Å². The quantitative estimate of drug-likeness (QED) is 0.588. The molecular weight excluding hydrogens is 200 g/mol. The maximum Gasteiger partial charge on any atom is 0.251 e. The highest BCUT2D eigenvalue weighted by Gasteiger charge is 2.03. The Hall–Kier alpha value is -1.79. The van der Waals surface area contributed by atoms with E-state index in [1.165, 1.54) is 0 Å². The summed E-state index contributed by atoms with van der Waals surface area (Å²) in [5, 5.41) is 2.80. The van der Waals surface area contributed by atoms with Crippen LogP contribution in [0.25, 0.3) is 0 Å². The van der Waals surface area contributed by atoms with Gasteiger partial charge >= 0.3 is 0 Å². The Morgan fingerprint density at radius 1 is 1.38 bits per heavy atom. The van der Waals surface area contributed by atoms with Gasteiger partial charge in [-0.05, 0) is 24.6 Å². The highest BCUT2D eigenvalue weighted by molar-refractivity contribution is 5.94. The fourth-order valence-corrected chi connectivity index (χ4v) is 1.26. The lowest BCUT2D eigenvalue weighted by molar-refractivity contribution is 0.0954. The van der Waals surface area contributed by atoms with Gasteiger partial charge in [0, 0.05) is 25.1 Å². The summed E-state index contributed by atoms with van der Waals surface area (Å²) in [4.78, 5) is 11.6. The SMILES string of the molecule is CC#CCCNC(=O)c1ccc(CN)cc1. The number of nitrogens with two attached hydrogens (primary N) is 1. The van der Waals surface area contributed by atoms with E-state index in [0.717, 1.165) is 5.56 Å². The molecule has 0 spiro atoms. The molecule has 84 valence electrons. The molecule has 0 bridgehead atoms. The second kappa shape index (κ2) is 6.65. The molecule has 1 rings (SSSR count). The van der Waals surface area contributed by atoms with Crippen molar-refractivity contribution in [2.75, 3.05) is 6.54 Å². The second-order valence-electron chi connectivity index (χ2n) is 3.33. The van der Waals surface area contributed by atoms with Gasteiger partial charge in [-0.15, -0.1) is 11.8 Å². The first-order valence-electron chi connectivity index (χ1n) is 5.24. The lowest BCUT2D eigenvalue weighted by Crippen LogP contribution is -2.24. The fourth-order valence-electron chi connectivity index (χ4n) is 1.26. The summed E-state index contributed by atoms with van der Waals surface area (Å²) in [6.07, 6.45) is 0.684. The molecular formula is C13H16N2O. The molecule has 0 fully saturated rings. The molecule has 3 N–H and O–H groups in total. The van der Waals surface area contributed by atoms with Gasteiger partial charge in [-0.1, -0.05) is 12.1 Å². The first-order valence-corrected chi connectivity index (χ1v) is 5.24. The Labute approximate surface area is 96.0 Å². The van der Waals surface area contributed by atoms with E-state index in [-0.39, 0.29) is 5.91 Å². The minimum absolute atomic E-state index is 0.0681. The van der Waals surface area contributed by atoms with E-state index in [2.05, 4.69) is 17.2 Å². The molecule has 0 heterocycles. The van der Waals surface area contributed by atoms with Gasteiger partial charge in [0.15, 0.2) is 0 Å². The van der Waals surface area contributed by atoms with Crippen LogP contribution in [0.1, 0.15) is 29.3 Å². The number of carbonyl (C=O) groups excluding carboxylic acids is 1. The monoisotopic (exact) mass is 216 g/mol. The summed E-state index contributed by atoms with van der Waals surface area (Å²) in [7, 11) is 0. The van der Waals surface area contributed by atoms with E-state index in [4.69, 9.17) is 5.73 Å².